The van der Waals surface area contributed by atoms with Crippen molar-refractivity contribution in [1.29, 1.82) is 0 Å². The first-order chi connectivity index (χ1) is 16.5. The Morgan fingerprint density at radius 3 is 2.68 bits per heavy atom. The first-order valence-corrected chi connectivity index (χ1v) is 11.9. The summed E-state index contributed by atoms with van der Waals surface area (Å²) < 4.78 is 5.74. The number of nitrogens with zero attached hydrogens (tertiary/aromatic N) is 1. The van der Waals surface area contributed by atoms with Crippen LogP contribution in [0.25, 0.3) is 11.0 Å². The molecule has 0 aliphatic carbocycles. The fraction of sp³-hybridized carbons (Fsp3) is 0.440. The third-order valence-corrected chi connectivity index (χ3v) is 6.07. The van der Waals surface area contributed by atoms with Crippen molar-refractivity contribution in [1.82, 2.24) is 15.3 Å². The van der Waals surface area contributed by atoms with Gasteiger partial charge >= 0.3 is 5.69 Å². The Labute approximate surface area is 198 Å². The van der Waals surface area contributed by atoms with E-state index in [1.165, 1.54) is 0 Å². The van der Waals surface area contributed by atoms with Crippen molar-refractivity contribution in [3.8, 4) is 5.75 Å². The summed E-state index contributed by atoms with van der Waals surface area (Å²) in [5.41, 5.74) is 2.98. The second-order valence-electron chi connectivity index (χ2n) is 8.74. The number of aromatic amines is 2. The number of aliphatic hydroxyl groups is 1. The number of hydrogen-bond donors (Lipinski definition) is 5. The molecule has 1 atom stereocenters. The molecular formula is C25H33N5O4. The topological polar surface area (TPSA) is 122 Å². The first-order valence-electron chi connectivity index (χ1n) is 11.9. The first kappa shape index (κ1) is 23.8. The lowest BCUT2D eigenvalue weighted by molar-refractivity contribution is -0.116. The summed E-state index contributed by atoms with van der Waals surface area (Å²) in [6.45, 7) is 4.42. The molecule has 0 unspecified atom stereocenters. The Kier molecular flexibility index (Phi) is 7.87. The molecule has 2 aromatic carbocycles. The maximum atomic E-state index is 11.7. The van der Waals surface area contributed by atoms with E-state index in [2.05, 4.69) is 37.6 Å². The van der Waals surface area contributed by atoms with E-state index in [0.29, 0.717) is 35.8 Å². The molecule has 9 nitrogen and oxygen atoms in total. The smallest absolute Gasteiger partial charge is 0.323 e. The zero-order valence-electron chi connectivity index (χ0n) is 19.5. The molecule has 2 heterocycles. The summed E-state index contributed by atoms with van der Waals surface area (Å²) in [4.78, 5) is 31.0. The largest absolute Gasteiger partial charge is 0.489 e. The highest BCUT2D eigenvalue weighted by molar-refractivity contribution is 5.90. The molecule has 0 radical (unpaired) electrons. The molecule has 4 rings (SSSR count). The number of H-pyrrole nitrogens is 2. The van der Waals surface area contributed by atoms with Crippen LogP contribution in [0.3, 0.4) is 0 Å². The van der Waals surface area contributed by atoms with E-state index in [9.17, 15) is 14.7 Å². The quantitative estimate of drug-likeness (QED) is 0.312. The van der Waals surface area contributed by atoms with Gasteiger partial charge in [0.2, 0.25) is 5.91 Å². The van der Waals surface area contributed by atoms with Gasteiger partial charge in [0.05, 0.1) is 5.52 Å². The summed E-state index contributed by atoms with van der Waals surface area (Å²) in [6.07, 6.45) is 2.67. The van der Waals surface area contributed by atoms with Gasteiger partial charge in [-0.2, -0.15) is 0 Å². The van der Waals surface area contributed by atoms with Gasteiger partial charge in [-0.1, -0.05) is 13.0 Å². The predicted molar refractivity (Wildman–Crippen MR) is 134 cm³/mol. The van der Waals surface area contributed by atoms with Crippen LogP contribution in [-0.2, 0) is 4.79 Å². The van der Waals surface area contributed by atoms with Crippen LogP contribution in [0.1, 0.15) is 32.6 Å². The third kappa shape index (κ3) is 6.18. The standard InChI is InChI=1S/C25H33N5O4/c1-2-4-23(32)27-18-7-9-19(10-8-18)30-13-11-17(12-14-30)26-15-20(31)16-34-22-6-3-5-21-24(22)29-25(33)28-21/h3,5-10,17,20,26,31H,2,4,11-16H2,1H3,(H,27,32)(H2,28,29,33)/t20-/m0/s1. The molecule has 9 heteroatoms. The van der Waals surface area contributed by atoms with Crippen LogP contribution in [0.4, 0.5) is 11.4 Å². The van der Waals surface area contributed by atoms with Crippen LogP contribution in [0, 0.1) is 0 Å². The number of aromatic nitrogens is 2. The fourth-order valence-corrected chi connectivity index (χ4v) is 4.25. The van der Waals surface area contributed by atoms with Gasteiger partial charge in [-0.05, 0) is 55.7 Å². The van der Waals surface area contributed by atoms with Gasteiger partial charge < -0.3 is 35.3 Å². The van der Waals surface area contributed by atoms with Crippen molar-refractivity contribution >= 4 is 28.3 Å². The number of anilines is 2. The number of ether oxygens (including phenoxy) is 1. The molecule has 5 N–H and O–H groups in total. The SMILES string of the molecule is CCCC(=O)Nc1ccc(N2CCC(NC[C@H](O)COc3cccc4[nH]c(=O)[nH]c34)CC2)cc1. The maximum absolute atomic E-state index is 11.7. The van der Waals surface area contributed by atoms with Gasteiger partial charge in [-0.3, -0.25) is 4.79 Å². The predicted octanol–water partition coefficient (Wildman–Crippen LogP) is 2.59. The summed E-state index contributed by atoms with van der Waals surface area (Å²) in [5, 5.41) is 16.7. The Morgan fingerprint density at radius 2 is 1.94 bits per heavy atom. The van der Waals surface area contributed by atoms with Crippen LogP contribution in [-0.4, -0.2) is 59.4 Å². The lowest BCUT2D eigenvalue weighted by Gasteiger charge is -2.34. The van der Waals surface area contributed by atoms with Crippen molar-refractivity contribution in [3.05, 3.63) is 52.9 Å². The number of benzene rings is 2. The lowest BCUT2D eigenvalue weighted by atomic mass is 10.0. The van der Waals surface area contributed by atoms with Gasteiger partial charge in [-0.25, -0.2) is 4.79 Å². The number of rotatable bonds is 10. The molecule has 0 bridgehead atoms. The molecule has 1 amide bonds. The van der Waals surface area contributed by atoms with E-state index in [0.717, 1.165) is 43.7 Å². The van der Waals surface area contributed by atoms with Crippen molar-refractivity contribution in [2.75, 3.05) is 36.5 Å². The zero-order chi connectivity index (χ0) is 23.9. The van der Waals surface area contributed by atoms with E-state index in [1.54, 1.807) is 18.2 Å². The number of fused-ring (bicyclic) bond motifs is 1. The zero-order valence-corrected chi connectivity index (χ0v) is 19.5. The molecule has 1 saturated heterocycles. The second-order valence-corrected chi connectivity index (χ2v) is 8.74. The fourth-order valence-electron chi connectivity index (χ4n) is 4.25. The minimum absolute atomic E-state index is 0.0474. The molecule has 1 aliphatic rings. The summed E-state index contributed by atoms with van der Waals surface area (Å²) in [5.74, 6) is 0.588. The number of imidazole rings is 1. The molecular weight excluding hydrogens is 434 g/mol. The van der Waals surface area contributed by atoms with E-state index >= 15 is 0 Å². The van der Waals surface area contributed by atoms with Gasteiger partial charge in [0.1, 0.15) is 24.0 Å². The van der Waals surface area contributed by atoms with Crippen LogP contribution in [0.2, 0.25) is 0 Å². The van der Waals surface area contributed by atoms with E-state index in [-0.39, 0.29) is 18.2 Å². The molecule has 1 aromatic heterocycles. The van der Waals surface area contributed by atoms with E-state index in [1.807, 2.05) is 19.1 Å². The molecule has 34 heavy (non-hydrogen) atoms. The summed E-state index contributed by atoms with van der Waals surface area (Å²) >= 11 is 0. The number of aliphatic hydroxyl groups excluding tert-OH is 1. The molecule has 3 aromatic rings. The van der Waals surface area contributed by atoms with Gasteiger partial charge in [-0.15, -0.1) is 0 Å². The van der Waals surface area contributed by atoms with Crippen molar-refractivity contribution in [2.45, 2.75) is 44.8 Å². The van der Waals surface area contributed by atoms with Crippen molar-refractivity contribution in [2.24, 2.45) is 0 Å². The molecule has 0 saturated carbocycles. The average molecular weight is 468 g/mol. The summed E-state index contributed by atoms with van der Waals surface area (Å²) in [7, 11) is 0. The Hall–Kier alpha value is -3.30. The van der Waals surface area contributed by atoms with Crippen LogP contribution in [0.15, 0.2) is 47.3 Å². The second kappa shape index (κ2) is 11.2. The van der Waals surface area contributed by atoms with Gasteiger partial charge in [0.15, 0.2) is 0 Å². The highest BCUT2D eigenvalue weighted by Crippen LogP contribution is 2.23. The number of para-hydroxylation sites is 1. The number of carbonyl (C=O) groups is 1. The highest BCUT2D eigenvalue weighted by atomic mass is 16.5. The normalized spacial score (nSPS) is 15.4. The van der Waals surface area contributed by atoms with Crippen LogP contribution >= 0.6 is 0 Å². The van der Waals surface area contributed by atoms with Gasteiger partial charge in [0.25, 0.3) is 0 Å². The Balaban J connectivity index is 1.18. The number of carbonyl (C=O) groups excluding carboxylic acids is 1. The highest BCUT2D eigenvalue weighted by Gasteiger charge is 2.20. The number of hydrogen-bond acceptors (Lipinski definition) is 6. The van der Waals surface area contributed by atoms with Crippen LogP contribution in [0.5, 0.6) is 5.75 Å². The third-order valence-electron chi connectivity index (χ3n) is 6.07. The Morgan fingerprint density at radius 1 is 1.18 bits per heavy atom. The van der Waals surface area contributed by atoms with E-state index < -0.39 is 6.10 Å². The minimum Gasteiger partial charge on any atom is -0.489 e. The lowest BCUT2D eigenvalue weighted by Crippen LogP contribution is -2.45. The average Bonchev–Trinajstić information content (AvgIpc) is 3.23. The maximum Gasteiger partial charge on any atom is 0.323 e. The number of nitrogens with one attached hydrogen (secondary N) is 4. The monoisotopic (exact) mass is 467 g/mol. The molecule has 182 valence electrons. The van der Waals surface area contributed by atoms with Crippen molar-refractivity contribution < 1.29 is 14.6 Å². The minimum atomic E-state index is -0.658. The Bertz CT molecular complexity index is 1130. The number of amides is 1. The molecule has 1 fully saturated rings. The summed E-state index contributed by atoms with van der Waals surface area (Å²) in [6, 6.07) is 13.7. The van der Waals surface area contributed by atoms with E-state index in [4.69, 9.17) is 4.74 Å². The van der Waals surface area contributed by atoms with Crippen molar-refractivity contribution in [3.63, 3.8) is 0 Å². The molecule has 1 aliphatic heterocycles. The van der Waals surface area contributed by atoms with Crippen LogP contribution < -0.4 is 26.0 Å². The molecule has 0 spiro atoms. The number of piperidine rings is 1. The van der Waals surface area contributed by atoms with Gasteiger partial charge in [0, 0.05) is 43.5 Å².